The maximum absolute atomic E-state index is 7.50. The van der Waals surface area contributed by atoms with E-state index in [1.54, 1.807) is 0 Å². The number of aromatic nitrogens is 8. The van der Waals surface area contributed by atoms with Crippen molar-refractivity contribution in [3.05, 3.63) is 117 Å². The molecule has 0 unspecified atom stereocenters. The maximum Gasteiger partial charge on any atom is 0.255 e. The van der Waals surface area contributed by atoms with Gasteiger partial charge < -0.3 is 21.4 Å². The number of aromatic amines is 5. The van der Waals surface area contributed by atoms with Gasteiger partial charge in [-0.05, 0) is 39.8 Å². The van der Waals surface area contributed by atoms with Crippen molar-refractivity contribution in [3.8, 4) is 0 Å². The summed E-state index contributed by atoms with van der Waals surface area (Å²) in [6.45, 7) is 52.5. The quantitative estimate of drug-likeness (QED) is 0.0667. The molecule has 5 aromatic heterocycles. The van der Waals surface area contributed by atoms with E-state index in [-0.39, 0.29) is 46.1 Å². The van der Waals surface area contributed by atoms with Crippen molar-refractivity contribution in [2.75, 3.05) is 11.5 Å². The molecule has 64 heavy (non-hydrogen) atoms. The number of fused-ring (bicyclic) bond motifs is 2. The third-order valence-electron chi connectivity index (χ3n) is 9.85. The lowest BCUT2D eigenvalue weighted by atomic mass is 9.91. The topological polar surface area (TPSA) is 207 Å². The van der Waals surface area contributed by atoms with Crippen molar-refractivity contribution >= 4 is 62.0 Å². The molecule has 15 heteroatoms. The zero-order chi connectivity index (χ0) is 47.3. The Labute approximate surface area is 378 Å². The van der Waals surface area contributed by atoms with E-state index >= 15 is 0 Å². The number of nitrogens with zero attached hydrogens (tertiary/aromatic N) is 8. The maximum atomic E-state index is 7.50. The van der Waals surface area contributed by atoms with E-state index in [1.807, 2.05) is 86.6 Å². The summed E-state index contributed by atoms with van der Waals surface area (Å²) in [5, 5.41) is 31.4. The van der Waals surface area contributed by atoms with E-state index in [4.69, 9.17) is 31.2 Å². The Morgan fingerprint density at radius 2 is 0.922 bits per heavy atom. The average molecular weight is 866 g/mol. The van der Waals surface area contributed by atoms with Crippen molar-refractivity contribution in [1.29, 1.82) is 0 Å². The molecular weight excluding hydrogens is 799 g/mol. The minimum atomic E-state index is -0.210. The summed E-state index contributed by atoms with van der Waals surface area (Å²) in [5.41, 5.74) is 19.7. The number of nitrogens with one attached hydrogen (secondary N) is 5. The number of hydrogen-bond acceptors (Lipinski definition) is 7. The highest BCUT2D eigenvalue weighted by Crippen LogP contribution is 2.41. The van der Waals surface area contributed by atoms with Crippen LogP contribution in [-0.4, -0.2) is 40.6 Å². The lowest BCUT2D eigenvalue weighted by Gasteiger charge is -2.17. The van der Waals surface area contributed by atoms with Crippen LogP contribution in [0.1, 0.15) is 140 Å². The molecule has 338 valence electrons. The van der Waals surface area contributed by atoms with Gasteiger partial charge in [0.05, 0.1) is 19.7 Å². The molecule has 15 nitrogen and oxygen atoms in total. The first kappa shape index (κ1) is 51.2. The monoisotopic (exact) mass is 866 g/mol. The summed E-state index contributed by atoms with van der Waals surface area (Å²) in [6.07, 6.45) is 0. The van der Waals surface area contributed by atoms with Gasteiger partial charge in [-0.15, -0.1) is 10.2 Å². The second kappa shape index (κ2) is 19.5. The van der Waals surface area contributed by atoms with Crippen molar-refractivity contribution in [3.63, 3.8) is 0 Å². The van der Waals surface area contributed by atoms with Crippen LogP contribution >= 0.6 is 0 Å². The van der Waals surface area contributed by atoms with E-state index < -0.39 is 0 Å². The van der Waals surface area contributed by atoms with Crippen LogP contribution in [0.3, 0.4) is 0 Å². The molecule has 2 aromatic carbocycles. The van der Waals surface area contributed by atoms with Gasteiger partial charge in [0, 0.05) is 55.7 Å². The standard InChI is InChI=1S/C20H24N6.C12H15N.2C8H12N4.CH4/c1-19(2,3)16-14(12-10-8-9-11-13(12)22-16)23-25-18-15(21-7)17(24-26-18)20(4,5)6;1-12(2,3)11-8-9-6-4-5-7-10(9)13-11;2*1-8(2,3)6-5(10-4)7(9)12-11-6;/h8-11,22H,1-6H3,(H,24,26);4-8,13H,1-3H3;2*1-3H3,(H3,9,11,12);1H4. The highest BCUT2D eigenvalue weighted by molar-refractivity contribution is 5.93. The van der Waals surface area contributed by atoms with Gasteiger partial charge >= 0.3 is 0 Å². The fourth-order valence-electron chi connectivity index (χ4n) is 6.35. The van der Waals surface area contributed by atoms with Crippen molar-refractivity contribution < 1.29 is 0 Å². The van der Waals surface area contributed by atoms with Gasteiger partial charge in [0.15, 0.2) is 11.6 Å². The highest BCUT2D eigenvalue weighted by Gasteiger charge is 2.27. The molecule has 9 N–H and O–H groups in total. The Bertz CT molecular complexity index is 2710. The van der Waals surface area contributed by atoms with Gasteiger partial charge in [-0.1, -0.05) is 148 Å². The molecule has 0 radical (unpaired) electrons. The predicted octanol–water partition coefficient (Wildman–Crippen LogP) is 14.2. The molecule has 0 aliphatic rings. The molecule has 0 aliphatic carbocycles. The molecule has 0 atom stereocenters. The minimum absolute atomic E-state index is 0. The second-order valence-electron chi connectivity index (χ2n) is 20.4. The molecule has 0 fully saturated rings. The summed E-state index contributed by atoms with van der Waals surface area (Å²) in [5.74, 6) is 0.903. The summed E-state index contributed by atoms with van der Waals surface area (Å²) in [4.78, 5) is 17.2. The summed E-state index contributed by atoms with van der Waals surface area (Å²) >= 11 is 0. The van der Waals surface area contributed by atoms with E-state index in [0.717, 1.165) is 39.4 Å². The molecule has 0 saturated carbocycles. The van der Waals surface area contributed by atoms with Crippen molar-refractivity contribution in [2.24, 2.45) is 10.2 Å². The number of H-pyrrole nitrogens is 5. The minimum Gasteiger partial charge on any atom is -0.391 e. The third kappa shape index (κ3) is 12.0. The Hall–Kier alpha value is -7.18. The van der Waals surface area contributed by atoms with Crippen LogP contribution in [0.2, 0.25) is 0 Å². The first-order valence-electron chi connectivity index (χ1n) is 20.6. The largest absolute Gasteiger partial charge is 0.391 e. The van der Waals surface area contributed by atoms with Crippen LogP contribution < -0.4 is 11.5 Å². The smallest absolute Gasteiger partial charge is 0.255 e. The van der Waals surface area contributed by atoms with Crippen molar-refractivity contribution in [1.82, 2.24) is 40.6 Å². The van der Waals surface area contributed by atoms with Gasteiger partial charge in [-0.3, -0.25) is 15.3 Å². The van der Waals surface area contributed by atoms with Gasteiger partial charge in [-0.25, -0.2) is 14.5 Å². The highest BCUT2D eigenvalue weighted by atomic mass is 15.3. The molecule has 7 rings (SSSR count). The van der Waals surface area contributed by atoms with Gasteiger partial charge in [0.2, 0.25) is 5.82 Å². The first-order valence-corrected chi connectivity index (χ1v) is 20.6. The number of rotatable bonds is 2. The van der Waals surface area contributed by atoms with E-state index in [9.17, 15) is 0 Å². The van der Waals surface area contributed by atoms with Crippen LogP contribution in [0.25, 0.3) is 36.3 Å². The molecule has 0 bridgehead atoms. The number of benzene rings is 2. The molecule has 7 aromatic rings. The van der Waals surface area contributed by atoms with Gasteiger partial charge in [0.1, 0.15) is 5.69 Å². The Morgan fingerprint density at radius 3 is 1.34 bits per heavy atom. The third-order valence-corrected chi connectivity index (χ3v) is 9.85. The first-order chi connectivity index (χ1) is 29.1. The van der Waals surface area contributed by atoms with Crippen LogP contribution in [0, 0.1) is 19.7 Å². The van der Waals surface area contributed by atoms with E-state index in [0.29, 0.717) is 22.9 Å². The van der Waals surface area contributed by atoms with E-state index in [2.05, 4.69) is 137 Å². The number of nitrogen functional groups attached to an aromatic ring is 2. The summed E-state index contributed by atoms with van der Waals surface area (Å²) < 4.78 is 0. The summed E-state index contributed by atoms with van der Waals surface area (Å²) in [6, 6.07) is 18.6. The number of nitrogens with two attached hydrogens (primary N) is 2. The molecule has 0 aliphatic heterocycles. The normalized spacial score (nSPS) is 11.9. The number of azo groups is 1. The van der Waals surface area contributed by atoms with Crippen molar-refractivity contribution in [2.45, 2.75) is 138 Å². The zero-order valence-electron chi connectivity index (χ0n) is 39.4. The Morgan fingerprint density at radius 1 is 0.500 bits per heavy atom. The molecule has 0 amide bonds. The molecule has 0 saturated heterocycles. The Kier molecular flexibility index (Phi) is 15.6. The molecule has 5 heterocycles. The predicted molar refractivity (Wildman–Crippen MR) is 264 cm³/mol. The molecular formula is C49H67N15. The lowest BCUT2D eigenvalue weighted by Crippen LogP contribution is -2.11. The SMILES string of the molecule is C.CC(C)(C)c1cc2ccccc2[nH]1.[C-]#[N+]c1c(N)n[nH]c1C(C)(C)C.[C-]#[N+]c1c(N)n[nH]c1C(C)(C)C.[C-]#[N+]c1c(N=Nc2c(C(C)(C)C)[nH]c3ccccc23)n[nH]c1C(C)(C)C. The average Bonchev–Trinajstić information content (AvgIpc) is 4.02. The van der Waals surface area contributed by atoms with Gasteiger partial charge in [0.25, 0.3) is 17.1 Å². The fourth-order valence-corrected chi connectivity index (χ4v) is 6.35. The van der Waals surface area contributed by atoms with Crippen LogP contribution in [0.15, 0.2) is 64.8 Å². The number of para-hydroxylation sites is 2. The van der Waals surface area contributed by atoms with Gasteiger partial charge in [-0.2, -0.15) is 15.3 Å². The van der Waals surface area contributed by atoms with Crippen LogP contribution in [-0.2, 0) is 27.1 Å². The number of hydrogen-bond donors (Lipinski definition) is 7. The number of anilines is 2. The summed E-state index contributed by atoms with van der Waals surface area (Å²) in [7, 11) is 0. The fraction of sp³-hybridized carbons (Fsp3) is 0.429. The second-order valence-corrected chi connectivity index (χ2v) is 20.4. The lowest BCUT2D eigenvalue weighted by molar-refractivity contribution is 0.569. The van der Waals surface area contributed by atoms with Crippen LogP contribution in [0.4, 0.5) is 40.2 Å². The van der Waals surface area contributed by atoms with Crippen LogP contribution in [0.5, 0.6) is 0 Å². The Balaban J connectivity index is 0.000000243. The molecule has 0 spiro atoms. The zero-order valence-corrected chi connectivity index (χ0v) is 39.4. The van der Waals surface area contributed by atoms with E-state index in [1.165, 1.54) is 16.6 Å².